The van der Waals surface area contributed by atoms with Crippen LogP contribution >= 0.6 is 0 Å². The first-order valence-corrected chi connectivity index (χ1v) is 10.8. The van der Waals surface area contributed by atoms with Gasteiger partial charge in [0.05, 0.1) is 24.8 Å². The number of ether oxygens (including phenoxy) is 2. The molecule has 0 radical (unpaired) electrons. The van der Waals surface area contributed by atoms with Crippen LogP contribution in [0.2, 0.25) is 0 Å². The van der Waals surface area contributed by atoms with E-state index in [1.165, 1.54) is 11.0 Å². The molecule has 0 saturated carbocycles. The molecule has 0 spiro atoms. The molecular weight excluding hydrogens is 406 g/mol. The molecule has 0 aliphatic rings. The highest BCUT2D eigenvalue weighted by Crippen LogP contribution is 2.29. The lowest BCUT2D eigenvalue weighted by atomic mass is 10.1. The molecule has 9 nitrogen and oxygen atoms in total. The van der Waals surface area contributed by atoms with Crippen LogP contribution in [0.25, 0.3) is 5.69 Å². The number of nitrogens with zero attached hydrogens (tertiary/aromatic N) is 4. The number of methoxy groups -OCH3 is 2. The molecule has 0 amide bonds. The minimum Gasteiger partial charge on any atom is -0.493 e. The monoisotopic (exact) mass is 431 g/mol. The number of tetrazole rings is 1. The highest BCUT2D eigenvalue weighted by Gasteiger charge is 2.23. The Morgan fingerprint density at radius 1 is 1.03 bits per heavy atom. The van der Waals surface area contributed by atoms with Gasteiger partial charge in [0.15, 0.2) is 11.5 Å². The molecular formula is C20H25N5O4S. The fourth-order valence-electron chi connectivity index (χ4n) is 3.63. The quantitative estimate of drug-likeness (QED) is 0.582. The molecule has 3 rings (SSSR count). The summed E-state index contributed by atoms with van der Waals surface area (Å²) in [5.41, 5.74) is 3.74. The van der Waals surface area contributed by atoms with Crippen LogP contribution in [0.4, 0.5) is 0 Å². The van der Waals surface area contributed by atoms with Gasteiger partial charge in [-0.15, -0.1) is 5.10 Å². The van der Waals surface area contributed by atoms with Gasteiger partial charge in [-0.3, -0.25) is 0 Å². The number of aromatic nitrogens is 4. The molecule has 1 N–H and O–H groups in total. The third-order valence-corrected chi connectivity index (χ3v) is 6.61. The largest absolute Gasteiger partial charge is 0.493 e. The Balaban J connectivity index is 1.84. The van der Waals surface area contributed by atoms with Gasteiger partial charge in [-0.25, -0.2) is 13.1 Å². The van der Waals surface area contributed by atoms with E-state index >= 15 is 0 Å². The molecule has 3 aromatic rings. The van der Waals surface area contributed by atoms with E-state index in [0.717, 1.165) is 11.1 Å². The molecule has 10 heteroatoms. The van der Waals surface area contributed by atoms with Crippen molar-refractivity contribution < 1.29 is 17.9 Å². The lowest BCUT2D eigenvalue weighted by Gasteiger charge is -2.17. The van der Waals surface area contributed by atoms with Crippen molar-refractivity contribution in [2.24, 2.45) is 0 Å². The lowest BCUT2D eigenvalue weighted by Crippen LogP contribution is -2.28. The fourth-order valence-corrected chi connectivity index (χ4v) is 5.12. The molecule has 1 heterocycles. The van der Waals surface area contributed by atoms with Gasteiger partial charge in [0, 0.05) is 6.54 Å². The van der Waals surface area contributed by atoms with Crippen molar-refractivity contribution >= 4 is 10.0 Å². The molecule has 160 valence electrons. The standard InChI is InChI=1S/C20H25N5O4S/c1-13-10-14(2)20(15(3)19(13)25-12-21-23-24-25)30(26,27)22-9-8-16-6-7-17(28-4)18(11-16)29-5/h6-7,10-12,22H,8-9H2,1-5H3. The van der Waals surface area contributed by atoms with Crippen LogP contribution < -0.4 is 14.2 Å². The van der Waals surface area contributed by atoms with Gasteiger partial charge >= 0.3 is 0 Å². The number of hydrogen-bond acceptors (Lipinski definition) is 7. The smallest absolute Gasteiger partial charge is 0.241 e. The average Bonchev–Trinajstić information content (AvgIpc) is 3.21. The van der Waals surface area contributed by atoms with Crippen LogP contribution in [0.1, 0.15) is 22.3 Å². The number of hydrogen-bond donors (Lipinski definition) is 1. The van der Waals surface area contributed by atoms with Crippen LogP contribution in [0.3, 0.4) is 0 Å². The summed E-state index contributed by atoms with van der Waals surface area (Å²) in [4.78, 5) is 0.242. The zero-order valence-electron chi connectivity index (χ0n) is 17.6. The van der Waals surface area contributed by atoms with Crippen LogP contribution in [-0.2, 0) is 16.4 Å². The molecule has 0 fully saturated rings. The van der Waals surface area contributed by atoms with Crippen molar-refractivity contribution in [3.63, 3.8) is 0 Å². The molecule has 0 bridgehead atoms. The molecule has 0 aliphatic carbocycles. The first-order valence-electron chi connectivity index (χ1n) is 9.33. The number of sulfonamides is 1. The second-order valence-corrected chi connectivity index (χ2v) is 8.61. The maximum absolute atomic E-state index is 13.1. The third-order valence-electron chi connectivity index (χ3n) is 4.86. The van der Waals surface area contributed by atoms with Crippen LogP contribution in [0.15, 0.2) is 35.5 Å². The Hall–Kier alpha value is -2.98. The van der Waals surface area contributed by atoms with Crippen molar-refractivity contribution in [3.8, 4) is 17.2 Å². The number of aryl methyl sites for hydroxylation is 2. The summed E-state index contributed by atoms with van der Waals surface area (Å²) in [7, 11) is -0.603. The van der Waals surface area contributed by atoms with Gasteiger partial charge in [0.2, 0.25) is 10.0 Å². The van der Waals surface area contributed by atoms with Crippen molar-refractivity contribution in [2.75, 3.05) is 20.8 Å². The van der Waals surface area contributed by atoms with E-state index in [2.05, 4.69) is 20.2 Å². The topological polar surface area (TPSA) is 108 Å². The molecule has 0 unspecified atom stereocenters. The molecule has 1 aromatic heterocycles. The SMILES string of the molecule is COc1ccc(CCNS(=O)(=O)c2c(C)cc(C)c(-n3cnnn3)c2C)cc1OC. The zero-order chi connectivity index (χ0) is 21.9. The maximum Gasteiger partial charge on any atom is 0.241 e. The van der Waals surface area contributed by atoms with E-state index < -0.39 is 10.0 Å². The summed E-state index contributed by atoms with van der Waals surface area (Å²) in [6.45, 7) is 5.69. The summed E-state index contributed by atoms with van der Waals surface area (Å²) in [5, 5.41) is 11.2. The van der Waals surface area contributed by atoms with Crippen molar-refractivity contribution in [2.45, 2.75) is 32.1 Å². The van der Waals surface area contributed by atoms with E-state index in [-0.39, 0.29) is 11.4 Å². The Labute approximate surface area is 176 Å². The summed E-state index contributed by atoms with van der Waals surface area (Å²) in [6.07, 6.45) is 1.95. The molecule has 0 atom stereocenters. The Morgan fingerprint density at radius 2 is 1.77 bits per heavy atom. The van der Waals surface area contributed by atoms with E-state index in [0.29, 0.717) is 34.7 Å². The van der Waals surface area contributed by atoms with Gasteiger partial charge in [-0.2, -0.15) is 4.68 Å². The second-order valence-electron chi connectivity index (χ2n) is 6.90. The van der Waals surface area contributed by atoms with Gasteiger partial charge in [-0.05, 0) is 72.0 Å². The van der Waals surface area contributed by atoms with Crippen molar-refractivity contribution in [1.82, 2.24) is 24.9 Å². The third kappa shape index (κ3) is 4.29. The van der Waals surface area contributed by atoms with Crippen molar-refractivity contribution in [1.29, 1.82) is 0 Å². The minimum atomic E-state index is -3.74. The van der Waals surface area contributed by atoms with Crippen molar-refractivity contribution in [3.05, 3.63) is 52.8 Å². The highest BCUT2D eigenvalue weighted by molar-refractivity contribution is 7.89. The predicted molar refractivity (Wildman–Crippen MR) is 112 cm³/mol. The number of nitrogens with one attached hydrogen (secondary N) is 1. The van der Waals surface area contributed by atoms with Crippen LogP contribution in [0.5, 0.6) is 11.5 Å². The second kappa shape index (κ2) is 8.80. The van der Waals surface area contributed by atoms with E-state index in [9.17, 15) is 8.42 Å². The molecule has 2 aromatic carbocycles. The van der Waals surface area contributed by atoms with Gasteiger partial charge in [0.25, 0.3) is 0 Å². The maximum atomic E-state index is 13.1. The zero-order valence-corrected chi connectivity index (χ0v) is 18.4. The fraction of sp³-hybridized carbons (Fsp3) is 0.350. The Morgan fingerprint density at radius 3 is 2.40 bits per heavy atom. The van der Waals surface area contributed by atoms with E-state index in [1.54, 1.807) is 34.1 Å². The summed E-state index contributed by atoms with van der Waals surface area (Å²) < 4.78 is 40.9. The summed E-state index contributed by atoms with van der Waals surface area (Å²) in [5.74, 6) is 1.23. The van der Waals surface area contributed by atoms with Gasteiger partial charge < -0.3 is 9.47 Å². The van der Waals surface area contributed by atoms with Crippen LogP contribution in [-0.4, -0.2) is 49.4 Å². The van der Waals surface area contributed by atoms with E-state index in [1.807, 2.05) is 25.1 Å². The average molecular weight is 432 g/mol. The van der Waals surface area contributed by atoms with Gasteiger partial charge in [-0.1, -0.05) is 12.1 Å². The summed E-state index contributed by atoms with van der Waals surface area (Å²) >= 11 is 0. The van der Waals surface area contributed by atoms with Gasteiger partial charge in [0.1, 0.15) is 6.33 Å². The molecule has 30 heavy (non-hydrogen) atoms. The Bertz CT molecular complexity index is 1140. The molecule has 0 aliphatic heterocycles. The highest BCUT2D eigenvalue weighted by atomic mass is 32.2. The lowest BCUT2D eigenvalue weighted by molar-refractivity contribution is 0.354. The minimum absolute atomic E-state index is 0.241. The number of rotatable bonds is 8. The normalized spacial score (nSPS) is 11.5. The Kier molecular flexibility index (Phi) is 6.37. The number of benzene rings is 2. The first-order chi connectivity index (χ1) is 14.3. The van der Waals surface area contributed by atoms with Crippen LogP contribution in [0, 0.1) is 20.8 Å². The first kappa shape index (κ1) is 21.7. The molecule has 0 saturated heterocycles. The van der Waals surface area contributed by atoms with E-state index in [4.69, 9.17) is 9.47 Å². The predicted octanol–water partition coefficient (Wildman–Crippen LogP) is 2.13. The summed E-state index contributed by atoms with van der Waals surface area (Å²) in [6, 6.07) is 7.35.